The summed E-state index contributed by atoms with van der Waals surface area (Å²) in [5, 5.41) is 23.0. The molecule has 2 N–H and O–H groups in total. The van der Waals surface area contributed by atoms with Gasteiger partial charge in [0, 0.05) is 34.8 Å². The first kappa shape index (κ1) is 25.4. The van der Waals surface area contributed by atoms with E-state index in [0.29, 0.717) is 16.8 Å². The van der Waals surface area contributed by atoms with E-state index in [-0.39, 0.29) is 22.0 Å². The molecule has 0 aliphatic carbocycles. The number of aromatic carboxylic acids is 1. The van der Waals surface area contributed by atoms with Gasteiger partial charge < -0.3 is 10.3 Å². The molecule has 1 unspecified atom stereocenters. The number of carboxylic acids is 1. The number of pyridine rings is 1. The molecule has 0 spiro atoms. The summed E-state index contributed by atoms with van der Waals surface area (Å²) in [5.41, 5.74) is 4.63. The molecule has 1 atom stereocenters. The lowest BCUT2D eigenvalue weighted by Gasteiger charge is -2.20. The third-order valence-electron chi connectivity index (χ3n) is 5.93. The number of hydrogen-bond acceptors (Lipinski definition) is 4. The smallest absolute Gasteiger partial charge is 0.337 e. The Bertz CT molecular complexity index is 1460. The average Bonchev–Trinajstić information content (AvgIpc) is 2.85. The van der Waals surface area contributed by atoms with Crippen LogP contribution in [-0.2, 0) is 0 Å². The highest BCUT2D eigenvalue weighted by Gasteiger charge is 2.22. The first-order valence-electron chi connectivity index (χ1n) is 11.0. The van der Waals surface area contributed by atoms with E-state index in [2.05, 4.69) is 10.1 Å². The number of hydrogen-bond donors (Lipinski definition) is 2. The Morgan fingerprint density at radius 2 is 1.72 bits per heavy atom. The van der Waals surface area contributed by atoms with Crippen LogP contribution < -0.4 is 0 Å². The lowest BCUT2D eigenvalue weighted by Crippen LogP contribution is -2.12. The van der Waals surface area contributed by atoms with Crippen LogP contribution in [0, 0.1) is 12.7 Å². The van der Waals surface area contributed by atoms with Crippen LogP contribution in [0.25, 0.3) is 11.1 Å². The van der Waals surface area contributed by atoms with Crippen molar-refractivity contribution in [3.8, 4) is 11.1 Å². The second-order valence-corrected chi connectivity index (χ2v) is 9.12. The number of benzene rings is 3. The van der Waals surface area contributed by atoms with E-state index in [4.69, 9.17) is 23.2 Å². The van der Waals surface area contributed by atoms with Crippen molar-refractivity contribution in [2.75, 3.05) is 0 Å². The van der Waals surface area contributed by atoms with Crippen LogP contribution in [0.5, 0.6) is 0 Å². The predicted molar refractivity (Wildman–Crippen MR) is 139 cm³/mol. The topological polar surface area (TPSA) is 82.8 Å². The van der Waals surface area contributed by atoms with E-state index >= 15 is 4.39 Å². The molecule has 0 fully saturated rings. The number of carbonyl (C=O) groups is 1. The summed E-state index contributed by atoms with van der Waals surface area (Å²) in [6, 6.07) is 20.2. The fraction of sp³-hybridized carbons (Fsp3) is 0.107. The van der Waals surface area contributed by atoms with Crippen molar-refractivity contribution < 1.29 is 19.5 Å². The van der Waals surface area contributed by atoms with Crippen molar-refractivity contribution in [1.82, 2.24) is 4.98 Å². The Hall–Kier alpha value is -3.74. The monoisotopic (exact) mass is 522 g/mol. The second kappa shape index (κ2) is 10.9. The lowest BCUT2D eigenvalue weighted by molar-refractivity contribution is 0.0697. The van der Waals surface area contributed by atoms with Crippen LogP contribution in [-0.4, -0.2) is 27.0 Å². The maximum atomic E-state index is 15.0. The zero-order valence-electron chi connectivity index (χ0n) is 19.1. The fourth-order valence-corrected chi connectivity index (χ4v) is 4.52. The van der Waals surface area contributed by atoms with Gasteiger partial charge in [0.25, 0.3) is 0 Å². The molecular formula is C28H21Cl2FN2O3. The number of aromatic nitrogens is 1. The molecule has 182 valence electrons. The third kappa shape index (κ3) is 5.56. The molecule has 5 nitrogen and oxygen atoms in total. The van der Waals surface area contributed by atoms with E-state index in [9.17, 15) is 15.1 Å². The fourth-order valence-electron chi connectivity index (χ4n) is 4.10. The van der Waals surface area contributed by atoms with Crippen molar-refractivity contribution in [3.05, 3.63) is 123 Å². The number of nitrogens with zero attached hydrogens (tertiary/aromatic N) is 2. The minimum absolute atomic E-state index is 0.0254. The molecule has 4 aromatic rings. The molecule has 0 aliphatic rings. The Kier molecular flexibility index (Phi) is 7.67. The Morgan fingerprint density at radius 3 is 2.33 bits per heavy atom. The number of rotatable bonds is 7. The Balaban J connectivity index is 1.73. The van der Waals surface area contributed by atoms with E-state index in [1.54, 1.807) is 42.6 Å². The molecule has 8 heteroatoms. The minimum Gasteiger partial charge on any atom is -0.478 e. The second-order valence-electron chi connectivity index (χ2n) is 8.28. The molecule has 36 heavy (non-hydrogen) atoms. The number of halogens is 3. The van der Waals surface area contributed by atoms with Gasteiger partial charge >= 0.3 is 5.97 Å². The van der Waals surface area contributed by atoms with Crippen LogP contribution in [0.15, 0.2) is 84.1 Å². The van der Waals surface area contributed by atoms with Gasteiger partial charge in [-0.15, -0.1) is 0 Å². The van der Waals surface area contributed by atoms with Crippen molar-refractivity contribution in [3.63, 3.8) is 0 Å². The van der Waals surface area contributed by atoms with Crippen molar-refractivity contribution in [2.45, 2.75) is 19.3 Å². The summed E-state index contributed by atoms with van der Waals surface area (Å²) in [5.74, 6) is -2.04. The van der Waals surface area contributed by atoms with Crippen molar-refractivity contribution in [1.29, 1.82) is 0 Å². The maximum Gasteiger partial charge on any atom is 0.337 e. The highest BCUT2D eigenvalue weighted by molar-refractivity contribution is 6.33. The average molecular weight is 523 g/mol. The summed E-state index contributed by atoms with van der Waals surface area (Å²) in [7, 11) is 0. The first-order chi connectivity index (χ1) is 17.3. The highest BCUT2D eigenvalue weighted by Crippen LogP contribution is 2.34. The molecule has 0 radical (unpaired) electrons. The highest BCUT2D eigenvalue weighted by atomic mass is 35.5. The van der Waals surface area contributed by atoms with Gasteiger partial charge in [-0.2, -0.15) is 0 Å². The van der Waals surface area contributed by atoms with Gasteiger partial charge in [0.05, 0.1) is 16.3 Å². The Labute approximate surface area is 217 Å². The van der Waals surface area contributed by atoms with Crippen LogP contribution in [0.1, 0.15) is 45.1 Å². The van der Waals surface area contributed by atoms with Crippen LogP contribution in [0.4, 0.5) is 4.39 Å². The number of carboxylic acid groups (broad SMARTS) is 1. The van der Waals surface area contributed by atoms with Crippen LogP contribution >= 0.6 is 23.2 Å². The molecule has 0 saturated heterocycles. The van der Waals surface area contributed by atoms with Gasteiger partial charge in [-0.25, -0.2) is 9.18 Å². The van der Waals surface area contributed by atoms with Crippen LogP contribution in [0.3, 0.4) is 0 Å². The zero-order valence-corrected chi connectivity index (χ0v) is 20.6. The van der Waals surface area contributed by atoms with Gasteiger partial charge in [0.1, 0.15) is 5.82 Å². The molecule has 0 saturated carbocycles. The molecule has 1 aromatic heterocycles. The van der Waals surface area contributed by atoms with E-state index < -0.39 is 17.7 Å². The lowest BCUT2D eigenvalue weighted by atomic mass is 9.84. The standard InChI is InChI=1S/C28H21Cl2FN2O3/c1-16-12-20(10-11-32-16)27(33-36)15-24(22-9-7-21(29)14-26(22)31)18-4-2-17(3-5-18)19-6-8-23(28(34)35)25(30)13-19/h2-14,24,36H,15H2,1H3,(H,34,35)/b33-27-. The van der Waals surface area contributed by atoms with E-state index in [1.165, 1.54) is 12.1 Å². The third-order valence-corrected chi connectivity index (χ3v) is 6.48. The molecule has 3 aromatic carbocycles. The number of aryl methyl sites for hydroxylation is 1. The maximum absolute atomic E-state index is 15.0. The van der Waals surface area contributed by atoms with E-state index in [1.807, 2.05) is 31.2 Å². The SMILES string of the molecule is Cc1cc(/C(CC(c2ccc(-c3ccc(C(=O)O)c(Cl)c3)cc2)c2ccc(Cl)cc2F)=N\O)ccn1. The van der Waals surface area contributed by atoms with Gasteiger partial charge in [-0.3, -0.25) is 4.98 Å². The summed E-state index contributed by atoms with van der Waals surface area (Å²) in [6.45, 7) is 1.84. The van der Waals surface area contributed by atoms with Gasteiger partial charge in [-0.1, -0.05) is 64.8 Å². The summed E-state index contributed by atoms with van der Waals surface area (Å²) in [4.78, 5) is 15.4. The molecule has 0 aliphatic heterocycles. The van der Waals surface area contributed by atoms with Gasteiger partial charge in [0.2, 0.25) is 0 Å². The van der Waals surface area contributed by atoms with Crippen molar-refractivity contribution in [2.24, 2.45) is 5.16 Å². The zero-order chi connectivity index (χ0) is 25.8. The Morgan fingerprint density at radius 1 is 1.00 bits per heavy atom. The predicted octanol–water partition coefficient (Wildman–Crippen LogP) is 7.60. The van der Waals surface area contributed by atoms with Gasteiger partial charge in [0.15, 0.2) is 0 Å². The molecule has 1 heterocycles. The molecular weight excluding hydrogens is 502 g/mol. The summed E-state index contributed by atoms with van der Waals surface area (Å²) < 4.78 is 15.0. The number of oxime groups is 1. The van der Waals surface area contributed by atoms with Crippen LogP contribution in [0.2, 0.25) is 10.0 Å². The summed E-state index contributed by atoms with van der Waals surface area (Å²) >= 11 is 12.1. The van der Waals surface area contributed by atoms with Crippen molar-refractivity contribution >= 4 is 34.9 Å². The molecule has 0 bridgehead atoms. The van der Waals surface area contributed by atoms with Gasteiger partial charge in [-0.05, 0) is 65.6 Å². The van der Waals surface area contributed by atoms with E-state index in [0.717, 1.165) is 22.4 Å². The normalized spacial score (nSPS) is 12.4. The molecule has 0 amide bonds. The largest absolute Gasteiger partial charge is 0.478 e. The quantitative estimate of drug-likeness (QED) is 0.148. The summed E-state index contributed by atoms with van der Waals surface area (Å²) in [6.07, 6.45) is 1.85. The first-order valence-corrected chi connectivity index (χ1v) is 11.7. The minimum atomic E-state index is -1.10. The molecule has 4 rings (SSSR count).